The standard InChI is InChI=1S/C19H17ClN6S/c1-19-8-6-11(17-23-25-26-24-17)10-15(19)22-18(14-7-9-27-16(14)19)21-13-4-2-12(20)3-5-13/h2-10,15,25-26H,1H3,(H,21,22)(H,23,24). The molecule has 1 aliphatic carbocycles. The van der Waals surface area contributed by atoms with Crippen molar-refractivity contribution in [1.82, 2.24) is 16.5 Å². The molecule has 1 aromatic carbocycles. The summed E-state index contributed by atoms with van der Waals surface area (Å²) >= 11 is 7.77. The molecule has 0 amide bonds. The Morgan fingerprint density at radius 3 is 2.85 bits per heavy atom. The molecule has 0 bridgehead atoms. The maximum absolute atomic E-state index is 6.01. The van der Waals surface area contributed by atoms with Crippen LogP contribution in [0, 0.1) is 0 Å². The minimum absolute atomic E-state index is 0.0245. The van der Waals surface area contributed by atoms with Crippen LogP contribution in [-0.4, -0.2) is 17.7 Å². The molecule has 1 aromatic heterocycles. The average Bonchev–Trinajstić information content (AvgIpc) is 3.36. The molecule has 2 atom stereocenters. The van der Waals surface area contributed by atoms with Crippen LogP contribution in [0.1, 0.15) is 17.4 Å². The minimum atomic E-state index is -0.168. The number of anilines is 1. The molecule has 8 heteroatoms. The number of hydrazine groups is 2. The van der Waals surface area contributed by atoms with Gasteiger partial charge in [0.05, 0.1) is 6.04 Å². The number of thiophene rings is 1. The molecular formula is C19H17ClN6S. The second kappa shape index (κ2) is 6.23. The average molecular weight is 397 g/mol. The van der Waals surface area contributed by atoms with Crippen molar-refractivity contribution >= 4 is 40.3 Å². The van der Waals surface area contributed by atoms with E-state index in [1.807, 2.05) is 24.3 Å². The van der Waals surface area contributed by atoms with Crippen LogP contribution in [0.3, 0.4) is 0 Å². The van der Waals surface area contributed by atoms with Crippen LogP contribution in [-0.2, 0) is 5.41 Å². The van der Waals surface area contributed by atoms with Crippen molar-refractivity contribution < 1.29 is 0 Å². The molecule has 0 radical (unpaired) electrons. The van der Waals surface area contributed by atoms with Gasteiger partial charge >= 0.3 is 0 Å². The maximum atomic E-state index is 6.01. The Bertz CT molecular complexity index is 1020. The fourth-order valence-electron chi connectivity index (χ4n) is 3.53. The van der Waals surface area contributed by atoms with E-state index in [2.05, 4.69) is 63.5 Å². The van der Waals surface area contributed by atoms with E-state index in [9.17, 15) is 0 Å². The van der Waals surface area contributed by atoms with E-state index in [0.717, 1.165) is 28.5 Å². The summed E-state index contributed by atoms with van der Waals surface area (Å²) in [6.45, 7) is 2.24. The molecule has 3 heterocycles. The van der Waals surface area contributed by atoms with Crippen LogP contribution in [0.15, 0.2) is 69.6 Å². The van der Waals surface area contributed by atoms with Gasteiger partial charge in [-0.1, -0.05) is 23.8 Å². The lowest BCUT2D eigenvalue weighted by atomic mass is 9.73. The van der Waals surface area contributed by atoms with Crippen molar-refractivity contribution in [2.45, 2.75) is 18.4 Å². The van der Waals surface area contributed by atoms with Crippen LogP contribution >= 0.6 is 22.9 Å². The fraction of sp³-hybridized carbons (Fsp3) is 0.158. The predicted octanol–water partition coefficient (Wildman–Crippen LogP) is 3.32. The third kappa shape index (κ3) is 2.75. The van der Waals surface area contributed by atoms with E-state index in [-0.39, 0.29) is 11.5 Å². The summed E-state index contributed by atoms with van der Waals surface area (Å²) in [5.74, 6) is 1.63. The number of aliphatic imine (C=N–C) groups is 1. The van der Waals surface area contributed by atoms with Gasteiger partial charge < -0.3 is 5.32 Å². The second-order valence-corrected chi connectivity index (χ2v) is 8.13. The van der Waals surface area contributed by atoms with E-state index in [0.29, 0.717) is 5.02 Å². The highest BCUT2D eigenvalue weighted by Gasteiger charge is 2.42. The Morgan fingerprint density at radius 1 is 1.22 bits per heavy atom. The van der Waals surface area contributed by atoms with Gasteiger partial charge in [-0.25, -0.2) is 5.53 Å². The number of hydrazone groups is 1. The van der Waals surface area contributed by atoms with Gasteiger partial charge in [0.15, 0.2) is 5.84 Å². The Morgan fingerprint density at radius 2 is 2.07 bits per heavy atom. The molecule has 27 heavy (non-hydrogen) atoms. The van der Waals surface area contributed by atoms with E-state index in [1.54, 1.807) is 11.3 Å². The topological polar surface area (TPSA) is 72.8 Å². The third-order valence-corrected chi connectivity index (χ3v) is 6.44. The summed E-state index contributed by atoms with van der Waals surface area (Å²) in [6, 6.07) is 9.77. The zero-order valence-corrected chi connectivity index (χ0v) is 16.0. The van der Waals surface area contributed by atoms with Gasteiger partial charge in [0.2, 0.25) is 0 Å². The lowest BCUT2D eigenvalue weighted by Crippen LogP contribution is -2.42. The summed E-state index contributed by atoms with van der Waals surface area (Å²) in [5.41, 5.74) is 11.4. The monoisotopic (exact) mass is 396 g/mol. The lowest BCUT2D eigenvalue weighted by Gasteiger charge is -2.38. The van der Waals surface area contributed by atoms with Gasteiger partial charge in [0.1, 0.15) is 5.84 Å². The molecule has 2 aromatic rings. The Hall–Kier alpha value is -2.61. The first kappa shape index (κ1) is 16.6. The first-order valence-corrected chi connectivity index (χ1v) is 9.83. The Labute approximate surface area is 165 Å². The van der Waals surface area contributed by atoms with Gasteiger partial charge in [0.25, 0.3) is 0 Å². The number of nitrogens with zero attached hydrogens (tertiary/aromatic N) is 2. The van der Waals surface area contributed by atoms with Crippen molar-refractivity contribution in [2.24, 2.45) is 10.1 Å². The molecule has 3 aliphatic rings. The highest BCUT2D eigenvalue weighted by atomic mass is 35.5. The molecular weight excluding hydrogens is 380 g/mol. The highest BCUT2D eigenvalue weighted by Crippen LogP contribution is 2.44. The van der Waals surface area contributed by atoms with Crippen molar-refractivity contribution in [3.8, 4) is 0 Å². The first-order valence-electron chi connectivity index (χ1n) is 8.57. The van der Waals surface area contributed by atoms with Crippen LogP contribution in [0.4, 0.5) is 5.69 Å². The van der Waals surface area contributed by atoms with Gasteiger partial charge in [0, 0.05) is 32.1 Å². The summed E-state index contributed by atoms with van der Waals surface area (Å²) < 4.78 is 0. The van der Waals surface area contributed by atoms with Crippen LogP contribution in [0.2, 0.25) is 5.02 Å². The number of hydrogen-bond donors (Lipinski definition) is 4. The van der Waals surface area contributed by atoms with E-state index in [4.69, 9.17) is 16.6 Å². The molecule has 0 saturated heterocycles. The number of amidine groups is 2. The molecule has 6 nitrogen and oxygen atoms in total. The normalized spacial score (nSPS) is 25.4. The predicted molar refractivity (Wildman–Crippen MR) is 111 cm³/mol. The maximum Gasteiger partial charge on any atom is 0.170 e. The molecule has 0 fully saturated rings. The SMILES string of the molecule is CC12C=CC(C3=NNNN3)=CC1N=C(Nc1ccc(Cl)cc1)c1ccsc12. The number of halogens is 1. The zero-order valence-electron chi connectivity index (χ0n) is 14.5. The lowest BCUT2D eigenvalue weighted by molar-refractivity contribution is 0.521. The summed E-state index contributed by atoms with van der Waals surface area (Å²) in [6.07, 6.45) is 6.49. The number of rotatable bonds is 2. The highest BCUT2D eigenvalue weighted by molar-refractivity contribution is 7.10. The third-order valence-electron chi connectivity index (χ3n) is 5.02. The van der Waals surface area contributed by atoms with Crippen molar-refractivity contribution in [2.75, 3.05) is 5.32 Å². The van der Waals surface area contributed by atoms with Crippen molar-refractivity contribution in [3.05, 3.63) is 75.0 Å². The minimum Gasteiger partial charge on any atom is -0.340 e. The molecule has 4 N–H and O–H groups in total. The Kier molecular flexibility index (Phi) is 3.82. The molecule has 2 aliphatic heterocycles. The summed E-state index contributed by atoms with van der Waals surface area (Å²) in [5, 5.41) is 10.5. The number of nitrogens with one attached hydrogen (secondary N) is 4. The van der Waals surface area contributed by atoms with Crippen LogP contribution < -0.4 is 21.8 Å². The first-order chi connectivity index (χ1) is 13.1. The molecule has 0 spiro atoms. The molecule has 136 valence electrons. The molecule has 2 unspecified atom stereocenters. The van der Waals surface area contributed by atoms with E-state index in [1.165, 1.54) is 4.88 Å². The summed E-state index contributed by atoms with van der Waals surface area (Å²) in [4.78, 5) is 6.36. The van der Waals surface area contributed by atoms with E-state index < -0.39 is 0 Å². The van der Waals surface area contributed by atoms with Gasteiger partial charge in [-0.3, -0.25) is 10.4 Å². The number of hydrogen-bond acceptors (Lipinski definition) is 7. The van der Waals surface area contributed by atoms with Crippen molar-refractivity contribution in [3.63, 3.8) is 0 Å². The largest absolute Gasteiger partial charge is 0.340 e. The van der Waals surface area contributed by atoms with Crippen LogP contribution in [0.5, 0.6) is 0 Å². The van der Waals surface area contributed by atoms with Gasteiger partial charge in [-0.15, -0.1) is 22.0 Å². The zero-order chi connectivity index (χ0) is 18.4. The molecule has 5 rings (SSSR count). The summed E-state index contributed by atoms with van der Waals surface area (Å²) in [7, 11) is 0. The van der Waals surface area contributed by atoms with Gasteiger partial charge in [-0.2, -0.15) is 0 Å². The van der Waals surface area contributed by atoms with Gasteiger partial charge in [-0.05, 0) is 48.7 Å². The number of fused-ring (bicyclic) bond motifs is 3. The second-order valence-electron chi connectivity index (χ2n) is 6.78. The number of benzene rings is 1. The molecule has 0 saturated carbocycles. The quantitative estimate of drug-likeness (QED) is 0.628. The van der Waals surface area contributed by atoms with Crippen LogP contribution in [0.25, 0.3) is 0 Å². The fourth-order valence-corrected chi connectivity index (χ4v) is 4.73. The Balaban J connectivity index is 1.55. The van der Waals surface area contributed by atoms with E-state index >= 15 is 0 Å². The van der Waals surface area contributed by atoms with Crippen molar-refractivity contribution in [1.29, 1.82) is 0 Å². The smallest absolute Gasteiger partial charge is 0.170 e.